The highest BCUT2D eigenvalue weighted by molar-refractivity contribution is 6.17. The molecule has 2 N–H and O–H groups in total. The lowest BCUT2D eigenvalue weighted by Crippen LogP contribution is -2.05. The van der Waals surface area contributed by atoms with Crippen molar-refractivity contribution in [2.45, 2.75) is 6.92 Å². The molecule has 1 aromatic rings. The van der Waals surface area contributed by atoms with Crippen molar-refractivity contribution in [3.05, 3.63) is 35.9 Å². The minimum Gasteiger partial charge on any atom is -0.465 e. The maximum Gasteiger partial charge on any atom is 0.337 e. The van der Waals surface area contributed by atoms with Crippen LogP contribution in [-0.4, -0.2) is 13.1 Å². The molecular formula is C11H13NO2. The summed E-state index contributed by atoms with van der Waals surface area (Å²) in [6.45, 7) is 5.56. The van der Waals surface area contributed by atoms with Crippen molar-refractivity contribution in [1.29, 1.82) is 0 Å². The molecule has 1 aromatic carbocycles. The molecule has 0 radical (unpaired) electrons. The van der Waals surface area contributed by atoms with Crippen LogP contribution in [0.5, 0.6) is 0 Å². The molecule has 0 saturated carbocycles. The smallest absolute Gasteiger partial charge is 0.337 e. The first kappa shape index (κ1) is 10.3. The lowest BCUT2D eigenvalue weighted by molar-refractivity contribution is -0.133. The van der Waals surface area contributed by atoms with Crippen molar-refractivity contribution in [3.63, 3.8) is 0 Å². The molecule has 0 atom stereocenters. The van der Waals surface area contributed by atoms with E-state index in [4.69, 9.17) is 5.73 Å². The maximum absolute atomic E-state index is 11.2. The van der Waals surface area contributed by atoms with Crippen LogP contribution in [0.3, 0.4) is 0 Å². The van der Waals surface area contributed by atoms with Crippen molar-refractivity contribution in [2.75, 3.05) is 12.8 Å². The number of anilines is 1. The molecule has 0 bridgehead atoms. The van der Waals surface area contributed by atoms with Crippen LogP contribution >= 0.6 is 0 Å². The second-order valence-electron chi connectivity index (χ2n) is 3.06. The first-order valence-corrected chi connectivity index (χ1v) is 4.20. The highest BCUT2D eigenvalue weighted by Crippen LogP contribution is 2.21. The SMILES string of the molecule is C=C(C(=O)OC)c1ccc(C)cc1N. The van der Waals surface area contributed by atoms with Gasteiger partial charge in [-0.25, -0.2) is 4.79 Å². The number of carbonyl (C=O) groups is 1. The standard InChI is InChI=1S/C11H13NO2/c1-7-4-5-9(10(12)6-7)8(2)11(13)14-3/h4-6H,2,12H2,1,3H3. The largest absolute Gasteiger partial charge is 0.465 e. The van der Waals surface area contributed by atoms with Crippen LogP contribution in [0.1, 0.15) is 11.1 Å². The van der Waals surface area contributed by atoms with E-state index in [2.05, 4.69) is 11.3 Å². The van der Waals surface area contributed by atoms with Gasteiger partial charge in [0.2, 0.25) is 0 Å². The third kappa shape index (κ3) is 1.93. The Hall–Kier alpha value is -1.77. The molecule has 0 aliphatic rings. The van der Waals surface area contributed by atoms with Gasteiger partial charge in [-0.05, 0) is 18.6 Å². The number of hydrogen-bond donors (Lipinski definition) is 1. The second kappa shape index (κ2) is 3.96. The van der Waals surface area contributed by atoms with Gasteiger partial charge >= 0.3 is 5.97 Å². The number of methoxy groups -OCH3 is 1. The molecule has 1 rings (SSSR count). The molecule has 0 saturated heterocycles. The summed E-state index contributed by atoms with van der Waals surface area (Å²) in [4.78, 5) is 11.2. The van der Waals surface area contributed by atoms with Gasteiger partial charge in [-0.1, -0.05) is 18.7 Å². The minimum atomic E-state index is -0.458. The van der Waals surface area contributed by atoms with Gasteiger partial charge in [0.25, 0.3) is 0 Å². The monoisotopic (exact) mass is 191 g/mol. The fraction of sp³-hybridized carbons (Fsp3) is 0.182. The van der Waals surface area contributed by atoms with E-state index < -0.39 is 5.97 Å². The summed E-state index contributed by atoms with van der Waals surface area (Å²) < 4.78 is 4.56. The first-order valence-electron chi connectivity index (χ1n) is 4.20. The number of carbonyl (C=O) groups excluding carboxylic acids is 1. The Morgan fingerprint density at radius 3 is 2.64 bits per heavy atom. The molecule has 74 valence electrons. The van der Waals surface area contributed by atoms with Crippen molar-refractivity contribution >= 4 is 17.2 Å². The topological polar surface area (TPSA) is 52.3 Å². The van der Waals surface area contributed by atoms with E-state index in [0.29, 0.717) is 11.3 Å². The fourth-order valence-corrected chi connectivity index (χ4v) is 1.19. The third-order valence-electron chi connectivity index (χ3n) is 1.96. The third-order valence-corrected chi connectivity index (χ3v) is 1.96. The molecule has 0 fully saturated rings. The molecule has 3 nitrogen and oxygen atoms in total. The van der Waals surface area contributed by atoms with Gasteiger partial charge in [0, 0.05) is 11.3 Å². The molecule has 0 spiro atoms. The first-order chi connectivity index (χ1) is 6.56. The molecule has 0 amide bonds. The molecule has 0 aliphatic heterocycles. The maximum atomic E-state index is 11.2. The minimum absolute atomic E-state index is 0.282. The quantitative estimate of drug-likeness (QED) is 0.440. The summed E-state index contributed by atoms with van der Waals surface area (Å²) in [6.07, 6.45) is 0. The van der Waals surface area contributed by atoms with Gasteiger partial charge < -0.3 is 10.5 Å². The van der Waals surface area contributed by atoms with E-state index in [-0.39, 0.29) is 5.57 Å². The van der Waals surface area contributed by atoms with Crippen LogP contribution in [0, 0.1) is 6.92 Å². The predicted molar refractivity (Wildman–Crippen MR) is 56.6 cm³/mol. The number of aryl methyl sites for hydroxylation is 1. The Bertz CT molecular complexity index is 383. The van der Waals surface area contributed by atoms with E-state index in [1.165, 1.54) is 7.11 Å². The Balaban J connectivity index is 3.08. The molecule has 0 unspecified atom stereocenters. The number of nitrogens with two attached hydrogens (primary N) is 1. The lowest BCUT2D eigenvalue weighted by Gasteiger charge is -2.07. The van der Waals surface area contributed by atoms with Crippen molar-refractivity contribution < 1.29 is 9.53 Å². The molecular weight excluding hydrogens is 178 g/mol. The number of ether oxygens (including phenoxy) is 1. The zero-order valence-corrected chi connectivity index (χ0v) is 8.33. The van der Waals surface area contributed by atoms with Gasteiger partial charge in [-0.15, -0.1) is 0 Å². The number of hydrogen-bond acceptors (Lipinski definition) is 3. The summed E-state index contributed by atoms with van der Waals surface area (Å²) in [5.41, 5.74) is 8.24. The molecule has 14 heavy (non-hydrogen) atoms. The van der Waals surface area contributed by atoms with Gasteiger partial charge in [0.1, 0.15) is 0 Å². The average molecular weight is 191 g/mol. The van der Waals surface area contributed by atoms with Gasteiger partial charge in [-0.3, -0.25) is 0 Å². The van der Waals surface area contributed by atoms with Gasteiger partial charge in [0.05, 0.1) is 12.7 Å². The molecule has 0 aromatic heterocycles. The number of benzene rings is 1. The summed E-state index contributed by atoms with van der Waals surface area (Å²) in [6, 6.07) is 5.44. The highest BCUT2D eigenvalue weighted by atomic mass is 16.5. The van der Waals surface area contributed by atoms with Gasteiger partial charge in [0.15, 0.2) is 0 Å². The Morgan fingerprint density at radius 1 is 1.50 bits per heavy atom. The van der Waals surface area contributed by atoms with Crippen molar-refractivity contribution in [3.8, 4) is 0 Å². The fourth-order valence-electron chi connectivity index (χ4n) is 1.19. The van der Waals surface area contributed by atoms with Crippen LogP contribution < -0.4 is 5.73 Å². The molecule has 0 aliphatic carbocycles. The number of esters is 1. The summed E-state index contributed by atoms with van der Waals surface area (Å²) in [7, 11) is 1.32. The zero-order valence-electron chi connectivity index (χ0n) is 8.33. The van der Waals surface area contributed by atoms with Crippen LogP contribution in [0.15, 0.2) is 24.8 Å². The van der Waals surface area contributed by atoms with Crippen LogP contribution in [0.25, 0.3) is 5.57 Å². The van der Waals surface area contributed by atoms with E-state index in [9.17, 15) is 4.79 Å². The summed E-state index contributed by atoms with van der Waals surface area (Å²) in [5, 5.41) is 0. The van der Waals surface area contributed by atoms with Crippen LogP contribution in [0.2, 0.25) is 0 Å². The van der Waals surface area contributed by atoms with Crippen molar-refractivity contribution in [1.82, 2.24) is 0 Å². The molecule has 3 heteroatoms. The average Bonchev–Trinajstić information content (AvgIpc) is 2.15. The van der Waals surface area contributed by atoms with Crippen LogP contribution in [-0.2, 0) is 9.53 Å². The lowest BCUT2D eigenvalue weighted by atomic mass is 10.0. The summed E-state index contributed by atoms with van der Waals surface area (Å²) >= 11 is 0. The Kier molecular flexibility index (Phi) is 2.92. The second-order valence-corrected chi connectivity index (χ2v) is 3.06. The number of rotatable bonds is 2. The van der Waals surface area contributed by atoms with E-state index in [1.807, 2.05) is 13.0 Å². The molecule has 0 heterocycles. The van der Waals surface area contributed by atoms with E-state index >= 15 is 0 Å². The van der Waals surface area contributed by atoms with E-state index in [1.54, 1.807) is 12.1 Å². The van der Waals surface area contributed by atoms with Crippen molar-refractivity contribution in [2.24, 2.45) is 0 Å². The summed E-state index contributed by atoms with van der Waals surface area (Å²) in [5.74, 6) is -0.458. The van der Waals surface area contributed by atoms with Crippen LogP contribution in [0.4, 0.5) is 5.69 Å². The zero-order chi connectivity index (χ0) is 10.7. The normalized spacial score (nSPS) is 9.57. The Labute approximate surface area is 83.2 Å². The Morgan fingerprint density at radius 2 is 2.14 bits per heavy atom. The van der Waals surface area contributed by atoms with Gasteiger partial charge in [-0.2, -0.15) is 0 Å². The van der Waals surface area contributed by atoms with E-state index in [0.717, 1.165) is 5.56 Å². The highest BCUT2D eigenvalue weighted by Gasteiger charge is 2.11. The number of nitrogen functional groups attached to an aromatic ring is 1. The predicted octanol–water partition coefficient (Wildman–Crippen LogP) is 1.76.